The fraction of sp³-hybridized carbons (Fsp3) is 0.318. The van der Waals surface area contributed by atoms with E-state index in [9.17, 15) is 0 Å². The predicted molar refractivity (Wildman–Crippen MR) is 119 cm³/mol. The second-order valence-electron chi connectivity index (χ2n) is 7.58. The Labute approximate surface area is 179 Å². The molecule has 0 radical (unpaired) electrons. The minimum absolute atomic E-state index is 0.0494. The van der Waals surface area contributed by atoms with Crippen molar-refractivity contribution in [2.45, 2.75) is 19.6 Å². The largest absolute Gasteiger partial charge is 0.369 e. The third kappa shape index (κ3) is 3.94. The maximum atomic E-state index is 6.07. The van der Waals surface area contributed by atoms with Crippen molar-refractivity contribution in [3.63, 3.8) is 0 Å². The Balaban J connectivity index is 1.31. The summed E-state index contributed by atoms with van der Waals surface area (Å²) in [7, 11) is 2.11. The number of nitrogens with one attached hydrogen (secondary N) is 1. The number of rotatable bonds is 5. The molecule has 1 N–H and O–H groups in total. The zero-order valence-corrected chi connectivity index (χ0v) is 17.9. The first-order chi connectivity index (χ1) is 14.7. The van der Waals surface area contributed by atoms with Crippen LogP contribution in [-0.2, 0) is 18.3 Å². The van der Waals surface area contributed by atoms with Crippen LogP contribution in [0.2, 0.25) is 0 Å². The van der Waals surface area contributed by atoms with Crippen LogP contribution in [0.1, 0.15) is 22.4 Å². The van der Waals surface area contributed by atoms with E-state index in [1.165, 1.54) is 27.8 Å². The van der Waals surface area contributed by atoms with Gasteiger partial charge in [0.15, 0.2) is 0 Å². The fourth-order valence-corrected chi connectivity index (χ4v) is 4.57. The standard InChI is InChI=1S/C22H24N6OS/c1-15-25-26-22(30-15)24-21-9-5-7-18(23-21)20-14-28(10-11-29-20)13-16-12-27(2)19-8-4-3-6-17(16)19/h3-9,12,20H,10-11,13-14H2,1-2H3,(H,23,24,26)/t20-/m1/s1. The first kappa shape index (κ1) is 19.2. The molecule has 0 saturated carbocycles. The number of aromatic nitrogens is 4. The Hall–Kier alpha value is -2.81. The third-order valence-corrected chi connectivity index (χ3v) is 6.14. The quantitative estimate of drug-likeness (QED) is 0.525. The van der Waals surface area contributed by atoms with Gasteiger partial charge < -0.3 is 14.6 Å². The molecular formula is C22H24N6OS. The average Bonchev–Trinajstić information content (AvgIpc) is 3.31. The van der Waals surface area contributed by atoms with E-state index in [4.69, 9.17) is 9.72 Å². The maximum Gasteiger partial charge on any atom is 0.211 e. The van der Waals surface area contributed by atoms with Crippen LogP contribution in [0.25, 0.3) is 10.9 Å². The van der Waals surface area contributed by atoms with Crippen molar-refractivity contribution in [1.82, 2.24) is 24.6 Å². The number of hydrogen-bond acceptors (Lipinski definition) is 7. The highest BCUT2D eigenvalue weighted by Crippen LogP contribution is 2.27. The van der Waals surface area contributed by atoms with E-state index >= 15 is 0 Å². The summed E-state index contributed by atoms with van der Waals surface area (Å²) in [6.45, 7) is 5.28. The minimum atomic E-state index is -0.0494. The van der Waals surface area contributed by atoms with E-state index in [2.05, 4.69) is 62.5 Å². The molecule has 1 aromatic carbocycles. The van der Waals surface area contributed by atoms with E-state index in [0.29, 0.717) is 6.61 Å². The molecule has 1 fully saturated rings. The number of hydrogen-bond donors (Lipinski definition) is 1. The predicted octanol–water partition coefficient (Wildman–Crippen LogP) is 4.05. The molecule has 0 unspecified atom stereocenters. The van der Waals surface area contributed by atoms with E-state index in [1.54, 1.807) is 0 Å². The molecule has 1 saturated heterocycles. The van der Waals surface area contributed by atoms with E-state index < -0.39 is 0 Å². The summed E-state index contributed by atoms with van der Waals surface area (Å²) >= 11 is 1.51. The summed E-state index contributed by atoms with van der Waals surface area (Å²) in [5, 5.41) is 14.4. The molecular weight excluding hydrogens is 396 g/mol. The summed E-state index contributed by atoms with van der Waals surface area (Å²) < 4.78 is 8.27. The van der Waals surface area contributed by atoms with Crippen molar-refractivity contribution in [1.29, 1.82) is 0 Å². The van der Waals surface area contributed by atoms with Crippen LogP contribution in [0.5, 0.6) is 0 Å². The second kappa shape index (κ2) is 8.14. The zero-order chi connectivity index (χ0) is 20.5. The highest BCUT2D eigenvalue weighted by Gasteiger charge is 2.24. The molecule has 7 nitrogen and oxygen atoms in total. The molecule has 5 rings (SSSR count). The fourth-order valence-electron chi connectivity index (χ4n) is 3.97. The van der Waals surface area contributed by atoms with Gasteiger partial charge in [-0.3, -0.25) is 4.90 Å². The molecule has 1 atom stereocenters. The van der Waals surface area contributed by atoms with Crippen molar-refractivity contribution in [3.8, 4) is 0 Å². The van der Waals surface area contributed by atoms with E-state index in [0.717, 1.165) is 41.3 Å². The first-order valence-corrected chi connectivity index (χ1v) is 10.9. The summed E-state index contributed by atoms with van der Waals surface area (Å²) in [6, 6.07) is 14.5. The molecule has 4 heterocycles. The smallest absolute Gasteiger partial charge is 0.211 e. The molecule has 4 aromatic rings. The van der Waals surface area contributed by atoms with Gasteiger partial charge in [-0.05, 0) is 30.7 Å². The SMILES string of the molecule is Cc1nnc(Nc2cccc([C@H]3CN(Cc4cn(C)c5ccccc45)CCO3)n2)s1. The lowest BCUT2D eigenvalue weighted by atomic mass is 10.1. The number of benzene rings is 1. The third-order valence-electron chi connectivity index (χ3n) is 5.39. The van der Waals surface area contributed by atoms with Gasteiger partial charge in [-0.2, -0.15) is 0 Å². The van der Waals surface area contributed by atoms with Crippen LogP contribution >= 0.6 is 11.3 Å². The monoisotopic (exact) mass is 420 g/mol. The van der Waals surface area contributed by atoms with Crippen molar-refractivity contribution < 1.29 is 4.74 Å². The van der Waals surface area contributed by atoms with Crippen molar-refractivity contribution >= 4 is 33.2 Å². The summed E-state index contributed by atoms with van der Waals surface area (Å²) in [5.74, 6) is 0.762. The molecule has 0 aliphatic carbocycles. The number of pyridine rings is 1. The van der Waals surface area contributed by atoms with Crippen molar-refractivity contribution in [2.24, 2.45) is 7.05 Å². The summed E-state index contributed by atoms with van der Waals surface area (Å²) in [6.07, 6.45) is 2.19. The Morgan fingerprint density at radius 3 is 2.93 bits per heavy atom. The van der Waals surface area contributed by atoms with Crippen molar-refractivity contribution in [2.75, 3.05) is 25.0 Å². The number of aryl methyl sites for hydroxylation is 2. The van der Waals surface area contributed by atoms with Gasteiger partial charge in [0.25, 0.3) is 0 Å². The number of nitrogens with zero attached hydrogens (tertiary/aromatic N) is 5. The Bertz CT molecular complexity index is 1170. The van der Waals surface area contributed by atoms with Gasteiger partial charge in [0.1, 0.15) is 16.9 Å². The zero-order valence-electron chi connectivity index (χ0n) is 17.1. The summed E-state index contributed by atoms with van der Waals surface area (Å²) in [4.78, 5) is 7.22. The van der Waals surface area contributed by atoms with Gasteiger partial charge >= 0.3 is 0 Å². The Morgan fingerprint density at radius 1 is 1.17 bits per heavy atom. The molecule has 30 heavy (non-hydrogen) atoms. The first-order valence-electron chi connectivity index (χ1n) is 10.1. The number of para-hydroxylation sites is 1. The summed E-state index contributed by atoms with van der Waals surface area (Å²) in [5.41, 5.74) is 3.55. The van der Waals surface area contributed by atoms with Crippen LogP contribution in [0.15, 0.2) is 48.7 Å². The van der Waals surface area contributed by atoms with Gasteiger partial charge in [-0.25, -0.2) is 4.98 Å². The maximum absolute atomic E-state index is 6.07. The molecule has 0 bridgehead atoms. The highest BCUT2D eigenvalue weighted by atomic mass is 32.1. The Morgan fingerprint density at radius 2 is 2.07 bits per heavy atom. The molecule has 154 valence electrons. The van der Waals surface area contributed by atoms with Crippen LogP contribution in [0.4, 0.5) is 10.9 Å². The number of fused-ring (bicyclic) bond motifs is 1. The van der Waals surface area contributed by atoms with E-state index in [-0.39, 0.29) is 6.10 Å². The molecule has 0 amide bonds. The van der Waals surface area contributed by atoms with Crippen LogP contribution < -0.4 is 5.32 Å². The Kier molecular flexibility index (Phi) is 5.20. The number of ether oxygens (including phenoxy) is 1. The minimum Gasteiger partial charge on any atom is -0.369 e. The second-order valence-corrected chi connectivity index (χ2v) is 8.76. The number of morpholine rings is 1. The van der Waals surface area contributed by atoms with Gasteiger partial charge in [0.2, 0.25) is 5.13 Å². The lowest BCUT2D eigenvalue weighted by Gasteiger charge is -2.32. The topological polar surface area (TPSA) is 68.1 Å². The molecule has 3 aromatic heterocycles. The lowest BCUT2D eigenvalue weighted by Crippen LogP contribution is -2.38. The average molecular weight is 421 g/mol. The van der Waals surface area contributed by atoms with E-state index in [1.807, 2.05) is 25.1 Å². The molecule has 1 aliphatic rings. The van der Waals surface area contributed by atoms with Gasteiger partial charge in [-0.1, -0.05) is 35.6 Å². The van der Waals surface area contributed by atoms with Crippen LogP contribution in [-0.4, -0.2) is 44.3 Å². The van der Waals surface area contributed by atoms with Gasteiger partial charge in [0, 0.05) is 43.8 Å². The molecule has 1 aliphatic heterocycles. The molecule has 0 spiro atoms. The normalized spacial score (nSPS) is 17.5. The van der Waals surface area contributed by atoms with Crippen LogP contribution in [0, 0.1) is 6.92 Å². The van der Waals surface area contributed by atoms with Gasteiger partial charge in [-0.15, -0.1) is 10.2 Å². The number of anilines is 2. The van der Waals surface area contributed by atoms with Crippen molar-refractivity contribution in [3.05, 3.63) is 64.9 Å². The van der Waals surface area contributed by atoms with Gasteiger partial charge in [0.05, 0.1) is 12.3 Å². The highest BCUT2D eigenvalue weighted by molar-refractivity contribution is 7.15. The lowest BCUT2D eigenvalue weighted by molar-refractivity contribution is -0.0348. The van der Waals surface area contributed by atoms with Crippen LogP contribution in [0.3, 0.4) is 0 Å². The molecule has 8 heteroatoms.